The minimum Gasteiger partial charge on any atom is -0.417 e. The number of ketones is 1. The van der Waals surface area contributed by atoms with Crippen LogP contribution in [0.5, 0.6) is 0 Å². The molecule has 0 N–H and O–H groups in total. The van der Waals surface area contributed by atoms with Crippen LogP contribution in [-0.4, -0.2) is 20.7 Å². The Hall–Kier alpha value is -0.153. The molecule has 0 saturated carbocycles. The molecule has 0 aliphatic heterocycles. The van der Waals surface area contributed by atoms with E-state index in [0.29, 0.717) is 6.42 Å². The van der Waals surface area contributed by atoms with Crippen LogP contribution in [-0.2, 0) is 9.22 Å². The molecule has 0 bridgehead atoms. The van der Waals surface area contributed by atoms with Gasteiger partial charge in [0.25, 0.3) is 0 Å². The van der Waals surface area contributed by atoms with Crippen molar-refractivity contribution in [1.29, 1.82) is 0 Å². The molecule has 0 aliphatic rings. The van der Waals surface area contributed by atoms with E-state index in [1.165, 1.54) is 0 Å². The third-order valence-corrected chi connectivity index (χ3v) is 8.74. The Morgan fingerprint density at radius 3 is 1.94 bits per heavy atom. The summed E-state index contributed by atoms with van der Waals surface area (Å²) in [4.78, 5) is 11.0. The number of hydrogen-bond acceptors (Lipinski definition) is 2. The van der Waals surface area contributed by atoms with Crippen LogP contribution in [0.3, 0.4) is 0 Å². The summed E-state index contributed by atoms with van der Waals surface area (Å²) in [6.45, 7) is 18.3. The van der Waals surface area contributed by atoms with E-state index in [9.17, 15) is 4.79 Å². The molecule has 0 unspecified atom stereocenters. The van der Waals surface area contributed by atoms with Crippen molar-refractivity contribution in [2.75, 3.05) is 6.61 Å². The number of rotatable bonds is 7. The molecule has 108 valence electrons. The van der Waals surface area contributed by atoms with Gasteiger partial charge in [-0.15, -0.1) is 0 Å². The molecule has 2 nitrogen and oxygen atoms in total. The average molecular weight is 273 g/mol. The van der Waals surface area contributed by atoms with Crippen molar-refractivity contribution < 1.29 is 9.22 Å². The van der Waals surface area contributed by atoms with E-state index in [0.717, 1.165) is 19.4 Å². The standard InChI is InChI=1S/C15H32O2Si/c1-13(16)9-10-15(5,6)11-12-17-18(7,8)14(2,3)4/h9-12H2,1-8H3. The quantitative estimate of drug-likeness (QED) is 0.623. The molecule has 0 rings (SSSR count). The first kappa shape index (κ1) is 17.8. The first-order valence-corrected chi connectivity index (χ1v) is 9.92. The van der Waals surface area contributed by atoms with Gasteiger partial charge in [0, 0.05) is 13.0 Å². The highest BCUT2D eigenvalue weighted by atomic mass is 28.4. The van der Waals surface area contributed by atoms with E-state index in [1.54, 1.807) is 6.92 Å². The Bertz CT molecular complexity index is 275. The van der Waals surface area contributed by atoms with Crippen LogP contribution in [0.4, 0.5) is 0 Å². The fraction of sp³-hybridized carbons (Fsp3) is 0.933. The second kappa shape index (κ2) is 6.33. The van der Waals surface area contributed by atoms with Gasteiger partial charge in [0.15, 0.2) is 8.32 Å². The van der Waals surface area contributed by atoms with Gasteiger partial charge in [-0.2, -0.15) is 0 Å². The summed E-state index contributed by atoms with van der Waals surface area (Å²) >= 11 is 0. The first-order chi connectivity index (χ1) is 7.87. The van der Waals surface area contributed by atoms with E-state index < -0.39 is 8.32 Å². The summed E-state index contributed by atoms with van der Waals surface area (Å²) in [7, 11) is -1.62. The normalized spacial score (nSPS) is 13.8. The molecule has 0 spiro atoms. The van der Waals surface area contributed by atoms with Crippen LogP contribution in [0.15, 0.2) is 0 Å². The number of hydrogen-bond donors (Lipinski definition) is 0. The summed E-state index contributed by atoms with van der Waals surface area (Å²) in [6, 6.07) is 0. The molecule has 0 aromatic heterocycles. The van der Waals surface area contributed by atoms with Crippen LogP contribution in [0.2, 0.25) is 18.1 Å². The topological polar surface area (TPSA) is 26.3 Å². The van der Waals surface area contributed by atoms with Crippen LogP contribution in [0.25, 0.3) is 0 Å². The summed E-state index contributed by atoms with van der Waals surface area (Å²) in [5, 5.41) is 0.274. The minimum absolute atomic E-state index is 0.202. The molecule has 0 aliphatic carbocycles. The second-order valence-corrected chi connectivity index (χ2v) is 12.5. The zero-order valence-corrected chi connectivity index (χ0v) is 14.6. The van der Waals surface area contributed by atoms with Crippen molar-refractivity contribution in [1.82, 2.24) is 0 Å². The van der Waals surface area contributed by atoms with Crippen molar-refractivity contribution in [3.63, 3.8) is 0 Å². The van der Waals surface area contributed by atoms with Crippen molar-refractivity contribution in [3.8, 4) is 0 Å². The Morgan fingerprint density at radius 1 is 1.06 bits per heavy atom. The fourth-order valence-electron chi connectivity index (χ4n) is 1.44. The van der Waals surface area contributed by atoms with Gasteiger partial charge in [-0.25, -0.2) is 0 Å². The minimum atomic E-state index is -1.62. The number of carbonyl (C=O) groups is 1. The highest BCUT2D eigenvalue weighted by Crippen LogP contribution is 2.37. The van der Waals surface area contributed by atoms with Crippen molar-refractivity contribution in [2.24, 2.45) is 5.41 Å². The monoisotopic (exact) mass is 272 g/mol. The molecule has 0 atom stereocenters. The highest BCUT2D eigenvalue weighted by molar-refractivity contribution is 6.74. The summed E-state index contributed by atoms with van der Waals surface area (Å²) < 4.78 is 6.19. The molecule has 0 aromatic rings. The van der Waals surface area contributed by atoms with Crippen LogP contribution >= 0.6 is 0 Å². The predicted molar refractivity (Wildman–Crippen MR) is 81.5 cm³/mol. The van der Waals surface area contributed by atoms with Gasteiger partial charge >= 0.3 is 0 Å². The third kappa shape index (κ3) is 6.69. The summed E-state index contributed by atoms with van der Waals surface area (Å²) in [6.07, 6.45) is 2.68. The lowest BCUT2D eigenvalue weighted by molar-refractivity contribution is -0.117. The molecule has 0 radical (unpaired) electrons. The average Bonchev–Trinajstić information content (AvgIpc) is 2.12. The van der Waals surface area contributed by atoms with E-state index >= 15 is 0 Å². The van der Waals surface area contributed by atoms with Crippen molar-refractivity contribution >= 4 is 14.1 Å². The maximum atomic E-state index is 11.0. The summed E-state index contributed by atoms with van der Waals surface area (Å²) in [5.41, 5.74) is 0.202. The van der Waals surface area contributed by atoms with Gasteiger partial charge in [0.05, 0.1) is 0 Å². The Labute approximate surface area is 115 Å². The zero-order chi connectivity index (χ0) is 14.6. The fourth-order valence-corrected chi connectivity index (χ4v) is 2.48. The lowest BCUT2D eigenvalue weighted by Gasteiger charge is -2.37. The van der Waals surface area contributed by atoms with Crippen LogP contribution in [0, 0.1) is 5.41 Å². The molecular weight excluding hydrogens is 240 g/mol. The Morgan fingerprint density at radius 2 is 1.56 bits per heavy atom. The first-order valence-electron chi connectivity index (χ1n) is 7.01. The number of Topliss-reactive ketones (excluding diaryl/α,β-unsaturated/α-hetero) is 1. The molecular formula is C15H32O2Si. The molecule has 0 saturated heterocycles. The van der Waals surface area contributed by atoms with Gasteiger partial charge in [-0.1, -0.05) is 34.6 Å². The molecule has 0 heterocycles. The lowest BCUT2D eigenvalue weighted by atomic mass is 9.84. The molecule has 18 heavy (non-hydrogen) atoms. The van der Waals surface area contributed by atoms with Crippen molar-refractivity contribution in [2.45, 2.75) is 78.9 Å². The maximum Gasteiger partial charge on any atom is 0.191 e. The molecule has 0 fully saturated rings. The SMILES string of the molecule is CC(=O)CCC(C)(C)CCO[Si](C)(C)C(C)(C)C. The highest BCUT2D eigenvalue weighted by Gasteiger charge is 2.37. The van der Waals surface area contributed by atoms with E-state index in [4.69, 9.17) is 4.43 Å². The van der Waals surface area contributed by atoms with Gasteiger partial charge in [-0.05, 0) is 43.3 Å². The second-order valence-electron chi connectivity index (χ2n) is 7.73. The third-order valence-electron chi connectivity index (χ3n) is 4.20. The molecule has 0 amide bonds. The van der Waals surface area contributed by atoms with Gasteiger partial charge < -0.3 is 9.22 Å². The van der Waals surface area contributed by atoms with Crippen LogP contribution in [0.1, 0.15) is 60.8 Å². The predicted octanol–water partition coefficient (Wildman–Crippen LogP) is 4.79. The van der Waals surface area contributed by atoms with E-state index in [1.807, 2.05) is 0 Å². The van der Waals surface area contributed by atoms with E-state index in [-0.39, 0.29) is 16.2 Å². The lowest BCUT2D eigenvalue weighted by Crippen LogP contribution is -2.41. The van der Waals surface area contributed by atoms with Gasteiger partial charge in [0.1, 0.15) is 5.78 Å². The van der Waals surface area contributed by atoms with Gasteiger partial charge in [0.2, 0.25) is 0 Å². The van der Waals surface area contributed by atoms with Gasteiger partial charge in [-0.3, -0.25) is 0 Å². The smallest absolute Gasteiger partial charge is 0.191 e. The van der Waals surface area contributed by atoms with Crippen LogP contribution < -0.4 is 0 Å². The Kier molecular flexibility index (Phi) is 6.28. The molecule has 0 aromatic carbocycles. The summed E-state index contributed by atoms with van der Waals surface area (Å²) in [5.74, 6) is 0.286. The van der Waals surface area contributed by atoms with E-state index in [2.05, 4.69) is 47.7 Å². The zero-order valence-electron chi connectivity index (χ0n) is 13.6. The maximum absolute atomic E-state index is 11.0. The van der Waals surface area contributed by atoms with Crippen molar-refractivity contribution in [3.05, 3.63) is 0 Å². The Balaban J connectivity index is 4.14. The number of carbonyl (C=O) groups excluding carboxylic acids is 1. The molecule has 3 heteroatoms. The largest absolute Gasteiger partial charge is 0.417 e.